The molecule has 0 amide bonds. The summed E-state index contributed by atoms with van der Waals surface area (Å²) in [5.41, 5.74) is 10.1. The Morgan fingerprint density at radius 3 is 2.62 bits per heavy atom. The molecule has 1 saturated heterocycles. The van der Waals surface area contributed by atoms with Gasteiger partial charge in [-0.05, 0) is 55.7 Å². The van der Waals surface area contributed by atoms with Gasteiger partial charge in [-0.25, -0.2) is 19.9 Å². The van der Waals surface area contributed by atoms with Crippen molar-refractivity contribution in [2.24, 2.45) is 5.92 Å². The molecule has 12 heteroatoms. The molecule has 1 aliphatic carbocycles. The Kier molecular flexibility index (Phi) is 7.47. The summed E-state index contributed by atoms with van der Waals surface area (Å²) in [6.45, 7) is 11.1. The van der Waals surface area contributed by atoms with Crippen LogP contribution in [0.5, 0.6) is 0 Å². The number of aliphatic hydroxyl groups excluding tert-OH is 3. The van der Waals surface area contributed by atoms with E-state index in [-0.39, 0.29) is 29.2 Å². The number of ether oxygens (including phenoxy) is 1. The molecular formula is C30H42N8O4. The molecule has 12 nitrogen and oxygen atoms in total. The number of anilines is 1. The lowest BCUT2D eigenvalue weighted by atomic mass is 9.73. The van der Waals surface area contributed by atoms with Gasteiger partial charge in [0.2, 0.25) is 0 Å². The Bertz CT molecular complexity index is 1560. The van der Waals surface area contributed by atoms with Crippen molar-refractivity contribution in [1.29, 1.82) is 0 Å². The Morgan fingerprint density at radius 2 is 1.90 bits per heavy atom. The zero-order valence-electron chi connectivity index (χ0n) is 24.8. The summed E-state index contributed by atoms with van der Waals surface area (Å²) >= 11 is 0. The maximum atomic E-state index is 11.2. The van der Waals surface area contributed by atoms with Gasteiger partial charge < -0.3 is 30.8 Å². The first kappa shape index (κ1) is 28.9. The number of nitrogens with one attached hydrogen (secondary N) is 1. The van der Waals surface area contributed by atoms with Gasteiger partial charge in [-0.3, -0.25) is 9.47 Å². The molecule has 1 saturated carbocycles. The van der Waals surface area contributed by atoms with Crippen LogP contribution in [0.3, 0.4) is 0 Å². The number of nitrogens with two attached hydrogens (primary N) is 1. The summed E-state index contributed by atoms with van der Waals surface area (Å²) in [5.74, 6) is 1.33. The Hall–Kier alpha value is -3.16. The number of aliphatic hydroxyl groups is 3. The van der Waals surface area contributed by atoms with Crippen LogP contribution in [0.1, 0.15) is 65.1 Å². The average molecular weight is 579 g/mol. The molecule has 6 N–H and O–H groups in total. The molecule has 1 aliphatic heterocycles. The fraction of sp³-hybridized carbons (Fsp3) is 0.600. The Labute approximate surface area is 245 Å². The first-order valence-electron chi connectivity index (χ1n) is 14.8. The molecule has 6 rings (SSSR count). The zero-order valence-corrected chi connectivity index (χ0v) is 24.8. The third kappa shape index (κ3) is 5.15. The van der Waals surface area contributed by atoms with Gasteiger partial charge in [0.25, 0.3) is 0 Å². The highest BCUT2D eigenvalue weighted by molar-refractivity contribution is 5.81. The molecule has 0 spiro atoms. The second kappa shape index (κ2) is 10.8. The van der Waals surface area contributed by atoms with Crippen LogP contribution < -0.4 is 5.73 Å². The average Bonchev–Trinajstić information content (AvgIpc) is 3.62. The fourth-order valence-electron chi connectivity index (χ4n) is 6.40. The van der Waals surface area contributed by atoms with E-state index in [1.807, 2.05) is 0 Å². The molecule has 7 unspecified atom stereocenters. The van der Waals surface area contributed by atoms with E-state index in [1.54, 1.807) is 4.57 Å². The number of H-pyrrole nitrogens is 1. The summed E-state index contributed by atoms with van der Waals surface area (Å²) < 4.78 is 7.77. The van der Waals surface area contributed by atoms with Crippen molar-refractivity contribution < 1.29 is 20.1 Å². The number of imidazole rings is 2. The highest BCUT2D eigenvalue weighted by Gasteiger charge is 2.49. The van der Waals surface area contributed by atoms with E-state index in [0.29, 0.717) is 17.7 Å². The number of hydrogen-bond acceptors (Lipinski definition) is 10. The van der Waals surface area contributed by atoms with Crippen LogP contribution in [0.15, 0.2) is 30.9 Å². The van der Waals surface area contributed by atoms with Crippen molar-refractivity contribution >= 4 is 28.0 Å². The first-order valence-corrected chi connectivity index (χ1v) is 14.8. The number of hydrogen-bond donors (Lipinski definition) is 5. The maximum absolute atomic E-state index is 11.2. The van der Waals surface area contributed by atoms with Crippen molar-refractivity contribution in [3.05, 3.63) is 42.2 Å². The molecule has 1 aromatic carbocycles. The third-order valence-electron chi connectivity index (χ3n) is 9.05. The highest BCUT2D eigenvalue weighted by atomic mass is 16.6. The molecular weight excluding hydrogens is 536 g/mol. The highest BCUT2D eigenvalue weighted by Crippen LogP contribution is 2.39. The van der Waals surface area contributed by atoms with Crippen LogP contribution in [-0.4, -0.2) is 92.8 Å². The molecule has 4 aromatic rings. The topological polar surface area (TPSA) is 171 Å². The van der Waals surface area contributed by atoms with Crippen LogP contribution >= 0.6 is 0 Å². The SMILES string of the molecule is CC(C)N(CC1OC(n2cnc3c(N)ncnc32)C(O)C1O)C1CC(CCc2nc3ccc(C(C)(C)C)cc3[nH]2)C1O. The molecule has 2 aliphatic rings. The van der Waals surface area contributed by atoms with E-state index in [4.69, 9.17) is 15.5 Å². The van der Waals surface area contributed by atoms with Gasteiger partial charge in [-0.2, -0.15) is 0 Å². The lowest BCUT2D eigenvalue weighted by Gasteiger charge is -2.49. The smallest absolute Gasteiger partial charge is 0.167 e. The number of fused-ring (bicyclic) bond motifs is 2. The minimum Gasteiger partial charge on any atom is -0.391 e. The van der Waals surface area contributed by atoms with Crippen LogP contribution in [0.25, 0.3) is 22.2 Å². The van der Waals surface area contributed by atoms with Crippen molar-refractivity contribution in [3.8, 4) is 0 Å². The van der Waals surface area contributed by atoms with Gasteiger partial charge in [0.15, 0.2) is 17.7 Å². The van der Waals surface area contributed by atoms with Crippen molar-refractivity contribution in [2.45, 2.75) is 102 Å². The van der Waals surface area contributed by atoms with Crippen LogP contribution in [0.2, 0.25) is 0 Å². The second-order valence-electron chi connectivity index (χ2n) is 13.2. The van der Waals surface area contributed by atoms with Crippen molar-refractivity contribution in [3.63, 3.8) is 0 Å². The number of nitrogens with zero attached hydrogens (tertiary/aromatic N) is 6. The molecule has 4 heterocycles. The number of aromatic amines is 1. The molecule has 0 radical (unpaired) electrons. The lowest BCUT2D eigenvalue weighted by Crippen LogP contribution is -2.60. The molecule has 226 valence electrons. The first-order chi connectivity index (χ1) is 19.9. The van der Waals surface area contributed by atoms with Gasteiger partial charge in [-0.15, -0.1) is 0 Å². The summed E-state index contributed by atoms with van der Waals surface area (Å²) in [6.07, 6.45) is 0.920. The van der Waals surface area contributed by atoms with Crippen LogP contribution in [0, 0.1) is 5.92 Å². The molecule has 0 bridgehead atoms. The van der Waals surface area contributed by atoms with E-state index in [1.165, 1.54) is 18.2 Å². The number of nitrogen functional groups attached to an aromatic ring is 1. The van der Waals surface area contributed by atoms with Crippen molar-refractivity contribution in [1.82, 2.24) is 34.4 Å². The minimum atomic E-state index is -1.18. The minimum absolute atomic E-state index is 0.0615. The quantitative estimate of drug-likeness (QED) is 0.209. The number of aromatic nitrogens is 6. The summed E-state index contributed by atoms with van der Waals surface area (Å²) in [6, 6.07) is 6.44. The fourth-order valence-corrected chi connectivity index (χ4v) is 6.40. The van der Waals surface area contributed by atoms with Gasteiger partial charge >= 0.3 is 0 Å². The molecule has 3 aromatic heterocycles. The summed E-state index contributed by atoms with van der Waals surface area (Å²) in [7, 11) is 0. The largest absolute Gasteiger partial charge is 0.391 e. The third-order valence-corrected chi connectivity index (χ3v) is 9.05. The van der Waals surface area contributed by atoms with E-state index in [2.05, 4.69) is 77.7 Å². The van der Waals surface area contributed by atoms with E-state index in [9.17, 15) is 15.3 Å². The number of rotatable bonds is 8. The second-order valence-corrected chi connectivity index (χ2v) is 13.2. The van der Waals surface area contributed by atoms with Gasteiger partial charge in [0.05, 0.1) is 23.5 Å². The van der Waals surface area contributed by atoms with Gasteiger partial charge in [0, 0.05) is 25.0 Å². The summed E-state index contributed by atoms with van der Waals surface area (Å²) in [4.78, 5) is 22.9. The molecule has 2 fully saturated rings. The van der Waals surface area contributed by atoms with Gasteiger partial charge in [-0.1, -0.05) is 26.8 Å². The molecule has 7 atom stereocenters. The Balaban J connectivity index is 1.08. The monoisotopic (exact) mass is 578 g/mol. The van der Waals surface area contributed by atoms with Crippen molar-refractivity contribution in [2.75, 3.05) is 12.3 Å². The predicted octanol–water partition coefficient (Wildman–Crippen LogP) is 2.29. The predicted molar refractivity (Wildman–Crippen MR) is 159 cm³/mol. The van der Waals surface area contributed by atoms with Crippen LogP contribution in [0.4, 0.5) is 5.82 Å². The van der Waals surface area contributed by atoms with E-state index >= 15 is 0 Å². The molecule has 42 heavy (non-hydrogen) atoms. The zero-order chi connectivity index (χ0) is 29.9. The standard InChI is InChI=1S/C30H42N8O4/c1-15(2)37(12-21-25(40)26(41)29(42-21)38-14-34-23-27(31)32-13-33-28(23)38)20-10-16(24(20)39)6-9-22-35-18-8-7-17(30(3,4)5)11-19(18)36-22/h7-8,11,13-16,20-21,24-26,29,39-41H,6,9-10,12H2,1-5H3,(H,35,36)(H2,31,32,33). The maximum Gasteiger partial charge on any atom is 0.167 e. The number of aryl methyl sites for hydroxylation is 1. The van der Waals surface area contributed by atoms with Gasteiger partial charge in [0.1, 0.15) is 36.0 Å². The lowest BCUT2D eigenvalue weighted by molar-refractivity contribution is -0.110. The normalized spacial score (nSPS) is 28.4. The van der Waals surface area contributed by atoms with E-state index < -0.39 is 30.6 Å². The van der Waals surface area contributed by atoms with Crippen LogP contribution in [-0.2, 0) is 16.6 Å². The number of benzene rings is 1. The van der Waals surface area contributed by atoms with E-state index in [0.717, 1.165) is 36.1 Å². The summed E-state index contributed by atoms with van der Waals surface area (Å²) in [5, 5.41) is 33.0. The Morgan fingerprint density at radius 1 is 1.12 bits per heavy atom.